The Bertz CT molecular complexity index is 1130. The number of thiophene rings is 2. The van der Waals surface area contributed by atoms with E-state index in [1.165, 1.54) is 35.8 Å². The van der Waals surface area contributed by atoms with E-state index < -0.39 is 22.1 Å². The number of nitrogens with zero attached hydrogens (tertiary/aromatic N) is 2. The minimum atomic E-state index is -4.05. The highest BCUT2D eigenvalue weighted by molar-refractivity contribution is 7.88. The number of likely N-dealkylation sites (N-methyl/N-ethyl adjacent to an activating group) is 1. The maximum Gasteiger partial charge on any atom is 0.345 e. The summed E-state index contributed by atoms with van der Waals surface area (Å²) in [5.41, 5.74) is 1.08. The zero-order chi connectivity index (χ0) is 21.3. The number of amides is 1. The summed E-state index contributed by atoms with van der Waals surface area (Å²) in [6.07, 6.45) is 1.42. The number of hydrogen-bond acceptors (Lipinski definition) is 7. The molecule has 29 heavy (non-hydrogen) atoms. The lowest BCUT2D eigenvalue weighted by molar-refractivity contribution is -0.113. The van der Waals surface area contributed by atoms with Gasteiger partial charge >= 0.3 is 16.2 Å². The van der Waals surface area contributed by atoms with Crippen LogP contribution in [0.25, 0.3) is 0 Å². The molecule has 1 N–H and O–H groups in total. The van der Waals surface area contributed by atoms with Crippen molar-refractivity contribution in [2.24, 2.45) is 4.40 Å². The Balaban J connectivity index is 1.98. The molecular weight excluding hydrogens is 434 g/mol. The first-order valence-electron chi connectivity index (χ1n) is 8.58. The number of allylic oxidation sites excluding steroid dienone is 1. The molecule has 0 unspecified atom stereocenters. The average molecular weight is 454 g/mol. The Morgan fingerprint density at radius 2 is 2.03 bits per heavy atom. The average Bonchev–Trinajstić information content (AvgIpc) is 3.26. The zero-order valence-electron chi connectivity index (χ0n) is 16.2. The number of esters is 1. The van der Waals surface area contributed by atoms with Crippen molar-refractivity contribution in [1.82, 2.24) is 4.31 Å². The molecule has 1 aliphatic rings. The second-order valence-corrected chi connectivity index (χ2v) is 9.89. The summed E-state index contributed by atoms with van der Waals surface area (Å²) < 4.78 is 34.5. The molecule has 0 atom stereocenters. The third-order valence-corrected chi connectivity index (χ3v) is 7.60. The third-order valence-electron chi connectivity index (χ3n) is 4.27. The normalized spacial score (nSPS) is 15.5. The van der Waals surface area contributed by atoms with Gasteiger partial charge in [0, 0.05) is 11.9 Å². The van der Waals surface area contributed by atoms with Gasteiger partial charge in [-0.2, -0.15) is 8.42 Å². The molecule has 1 amide bonds. The van der Waals surface area contributed by atoms with Crippen LogP contribution in [0.4, 0.5) is 5.00 Å². The summed E-state index contributed by atoms with van der Waals surface area (Å²) in [6, 6.07) is 3.49. The van der Waals surface area contributed by atoms with E-state index in [2.05, 4.69) is 9.71 Å². The first-order valence-corrected chi connectivity index (χ1v) is 11.7. The van der Waals surface area contributed by atoms with Gasteiger partial charge in [0.25, 0.3) is 5.91 Å². The van der Waals surface area contributed by atoms with Crippen LogP contribution in [0.15, 0.2) is 33.7 Å². The van der Waals surface area contributed by atoms with E-state index in [0.717, 1.165) is 9.18 Å². The van der Waals surface area contributed by atoms with Crippen LogP contribution in [0.2, 0.25) is 0 Å². The number of hydrogen-bond donors (Lipinski definition) is 1. The number of aryl methyl sites for hydroxylation is 1. The van der Waals surface area contributed by atoms with Crippen molar-refractivity contribution in [3.8, 4) is 0 Å². The smallest absolute Gasteiger partial charge is 0.345 e. The number of ether oxygens (including phenoxy) is 1. The van der Waals surface area contributed by atoms with Gasteiger partial charge in [-0.1, -0.05) is 6.07 Å². The highest BCUT2D eigenvalue weighted by Crippen LogP contribution is 2.34. The summed E-state index contributed by atoms with van der Waals surface area (Å²) in [5.74, 6) is -1.20. The third kappa shape index (κ3) is 4.11. The molecule has 0 aromatic carbocycles. The second-order valence-electron chi connectivity index (χ2n) is 6.09. The van der Waals surface area contributed by atoms with Crippen molar-refractivity contribution in [2.45, 2.75) is 20.8 Å². The fraction of sp³-hybridized carbons (Fsp3) is 0.278. The predicted octanol–water partition coefficient (Wildman–Crippen LogP) is 3.11. The van der Waals surface area contributed by atoms with Crippen LogP contribution in [-0.4, -0.2) is 44.0 Å². The van der Waals surface area contributed by atoms with E-state index >= 15 is 0 Å². The first-order chi connectivity index (χ1) is 13.7. The van der Waals surface area contributed by atoms with Crippen LogP contribution in [0, 0.1) is 13.8 Å². The standard InChI is InChI=1S/C18H19N3O5S3/c1-5-26-18(23)15-10(2)11(3)28-17(15)19-16(22)13-9-12(14-7-6-8-27-14)20-29(24,25)21(13)4/h6-9H,5H2,1-4H3,(H,19,22). The lowest BCUT2D eigenvalue weighted by Gasteiger charge is -2.23. The quantitative estimate of drug-likeness (QED) is 0.701. The van der Waals surface area contributed by atoms with Gasteiger partial charge in [-0.3, -0.25) is 4.79 Å². The van der Waals surface area contributed by atoms with Gasteiger partial charge in [0.2, 0.25) is 0 Å². The number of carbonyl (C=O) groups is 2. The molecular formula is C18H19N3O5S3. The lowest BCUT2D eigenvalue weighted by Crippen LogP contribution is -2.35. The largest absolute Gasteiger partial charge is 0.462 e. The van der Waals surface area contributed by atoms with Gasteiger partial charge < -0.3 is 10.1 Å². The lowest BCUT2D eigenvalue weighted by atomic mass is 10.1. The Morgan fingerprint density at radius 1 is 1.31 bits per heavy atom. The van der Waals surface area contributed by atoms with Crippen LogP contribution >= 0.6 is 22.7 Å². The molecule has 2 aromatic heterocycles. The second kappa shape index (κ2) is 8.09. The van der Waals surface area contributed by atoms with Gasteiger partial charge in [-0.05, 0) is 43.9 Å². The summed E-state index contributed by atoms with van der Waals surface area (Å²) in [6.45, 7) is 5.50. The fourth-order valence-electron chi connectivity index (χ4n) is 2.64. The van der Waals surface area contributed by atoms with Crippen LogP contribution in [0.3, 0.4) is 0 Å². The van der Waals surface area contributed by atoms with Crippen LogP contribution in [0.5, 0.6) is 0 Å². The fourth-order valence-corrected chi connectivity index (χ4v) is 5.33. The Kier molecular flexibility index (Phi) is 5.92. The molecule has 1 aliphatic heterocycles. The molecule has 0 bridgehead atoms. The number of carbonyl (C=O) groups excluding carboxylic acids is 2. The molecule has 0 saturated heterocycles. The maximum atomic E-state index is 13.0. The van der Waals surface area contributed by atoms with Crippen LogP contribution < -0.4 is 5.32 Å². The topological polar surface area (TPSA) is 105 Å². The molecule has 11 heteroatoms. The predicted molar refractivity (Wildman–Crippen MR) is 114 cm³/mol. The van der Waals surface area contributed by atoms with Crippen molar-refractivity contribution in [1.29, 1.82) is 0 Å². The molecule has 0 aliphatic carbocycles. The summed E-state index contributed by atoms with van der Waals surface area (Å²) in [4.78, 5) is 26.8. The van der Waals surface area contributed by atoms with Crippen molar-refractivity contribution < 1.29 is 22.7 Å². The zero-order valence-corrected chi connectivity index (χ0v) is 18.6. The molecule has 3 rings (SSSR count). The number of nitrogens with one attached hydrogen (secondary N) is 1. The maximum absolute atomic E-state index is 13.0. The number of rotatable bonds is 5. The molecule has 3 heterocycles. The highest BCUT2D eigenvalue weighted by Gasteiger charge is 2.31. The molecule has 2 aromatic rings. The van der Waals surface area contributed by atoms with Gasteiger partial charge in [-0.25, -0.2) is 9.10 Å². The molecule has 8 nitrogen and oxygen atoms in total. The first kappa shape index (κ1) is 21.2. The van der Waals surface area contributed by atoms with E-state index in [9.17, 15) is 18.0 Å². The number of anilines is 1. The summed E-state index contributed by atoms with van der Waals surface area (Å²) >= 11 is 2.55. The van der Waals surface area contributed by atoms with Gasteiger partial charge in [0.05, 0.1) is 22.8 Å². The molecule has 0 spiro atoms. The van der Waals surface area contributed by atoms with Crippen LogP contribution in [0.1, 0.15) is 32.6 Å². The molecule has 0 saturated carbocycles. The van der Waals surface area contributed by atoms with E-state index in [-0.39, 0.29) is 23.6 Å². The van der Waals surface area contributed by atoms with Gasteiger partial charge in [0.1, 0.15) is 10.7 Å². The van der Waals surface area contributed by atoms with Crippen molar-refractivity contribution in [3.05, 3.63) is 50.2 Å². The summed E-state index contributed by atoms with van der Waals surface area (Å²) in [5, 5.41) is 4.77. The minimum Gasteiger partial charge on any atom is -0.462 e. The summed E-state index contributed by atoms with van der Waals surface area (Å²) in [7, 11) is -2.79. The van der Waals surface area contributed by atoms with E-state index in [0.29, 0.717) is 15.4 Å². The SMILES string of the molecule is CCOC(=O)c1c(NC(=O)C2=CC(c3cccs3)=NS(=O)(=O)N2C)sc(C)c1C. The van der Waals surface area contributed by atoms with Crippen molar-refractivity contribution in [3.63, 3.8) is 0 Å². The van der Waals surface area contributed by atoms with E-state index in [1.54, 1.807) is 31.4 Å². The Morgan fingerprint density at radius 3 is 2.66 bits per heavy atom. The van der Waals surface area contributed by atoms with E-state index in [1.807, 2.05) is 6.92 Å². The monoisotopic (exact) mass is 453 g/mol. The minimum absolute atomic E-state index is 0.0954. The molecule has 0 fully saturated rings. The Labute approximate surface area is 176 Å². The molecule has 0 radical (unpaired) electrons. The van der Waals surface area contributed by atoms with Gasteiger partial charge in [0.15, 0.2) is 0 Å². The van der Waals surface area contributed by atoms with Crippen LogP contribution in [-0.2, 0) is 19.7 Å². The van der Waals surface area contributed by atoms with Crippen molar-refractivity contribution in [2.75, 3.05) is 19.0 Å². The Hall–Kier alpha value is -2.50. The molecule has 154 valence electrons. The van der Waals surface area contributed by atoms with E-state index in [4.69, 9.17) is 4.74 Å². The van der Waals surface area contributed by atoms with Gasteiger partial charge in [-0.15, -0.1) is 27.1 Å². The highest BCUT2D eigenvalue weighted by atomic mass is 32.2. The van der Waals surface area contributed by atoms with Crippen molar-refractivity contribution >= 4 is 55.5 Å².